The molecule has 2 heterocycles. The van der Waals surface area contributed by atoms with Crippen LogP contribution in [0.25, 0.3) is 0 Å². The minimum atomic E-state index is -0.0122. The standard InChI is InChI=1S/C14H17N3OS2/c1-4-16-13(18)12(20-14(16)19)9-8-11-7-6-10(3)15-17(11)5-2/h6-9H,4-5H2,1-3H3. The van der Waals surface area contributed by atoms with Crippen LogP contribution in [0.15, 0.2) is 40.0 Å². The molecule has 0 aromatic carbocycles. The van der Waals surface area contributed by atoms with E-state index in [-0.39, 0.29) is 5.91 Å². The Morgan fingerprint density at radius 3 is 2.65 bits per heavy atom. The van der Waals surface area contributed by atoms with Crippen LogP contribution < -0.4 is 0 Å². The van der Waals surface area contributed by atoms with E-state index in [9.17, 15) is 4.79 Å². The fraction of sp³-hybridized carbons (Fsp3) is 0.357. The third kappa shape index (κ3) is 3.02. The maximum atomic E-state index is 12.1. The van der Waals surface area contributed by atoms with Gasteiger partial charge in [0.05, 0.1) is 16.3 Å². The maximum absolute atomic E-state index is 12.1. The van der Waals surface area contributed by atoms with Gasteiger partial charge in [-0.3, -0.25) is 14.7 Å². The van der Waals surface area contributed by atoms with Crippen LogP contribution in [0.3, 0.4) is 0 Å². The van der Waals surface area contributed by atoms with Crippen molar-refractivity contribution in [2.24, 2.45) is 5.10 Å². The van der Waals surface area contributed by atoms with E-state index >= 15 is 0 Å². The van der Waals surface area contributed by atoms with Crippen molar-refractivity contribution in [1.29, 1.82) is 0 Å². The van der Waals surface area contributed by atoms with Gasteiger partial charge in [-0.1, -0.05) is 24.0 Å². The highest BCUT2D eigenvalue weighted by molar-refractivity contribution is 8.26. The van der Waals surface area contributed by atoms with Crippen LogP contribution in [-0.4, -0.2) is 38.9 Å². The molecule has 0 N–H and O–H groups in total. The summed E-state index contributed by atoms with van der Waals surface area (Å²) >= 11 is 6.54. The summed E-state index contributed by atoms with van der Waals surface area (Å²) in [5.74, 6) is -0.0122. The van der Waals surface area contributed by atoms with Gasteiger partial charge in [0, 0.05) is 13.1 Å². The number of nitrogens with zero attached hydrogens (tertiary/aromatic N) is 3. The topological polar surface area (TPSA) is 35.9 Å². The third-order valence-corrected chi connectivity index (χ3v) is 4.36. The van der Waals surface area contributed by atoms with Crippen molar-refractivity contribution in [3.63, 3.8) is 0 Å². The van der Waals surface area contributed by atoms with E-state index in [1.54, 1.807) is 4.90 Å². The second-order valence-electron chi connectivity index (χ2n) is 4.33. The Morgan fingerprint density at radius 2 is 2.05 bits per heavy atom. The van der Waals surface area contributed by atoms with E-state index in [1.165, 1.54) is 11.8 Å². The van der Waals surface area contributed by atoms with Crippen molar-refractivity contribution in [1.82, 2.24) is 9.91 Å². The Kier molecular flexibility index (Phi) is 4.77. The van der Waals surface area contributed by atoms with Crippen molar-refractivity contribution in [3.05, 3.63) is 34.9 Å². The molecule has 0 aromatic heterocycles. The molecule has 4 nitrogen and oxygen atoms in total. The number of thiocarbonyl (C=S) groups is 1. The van der Waals surface area contributed by atoms with Gasteiger partial charge < -0.3 is 0 Å². The number of amides is 1. The van der Waals surface area contributed by atoms with Gasteiger partial charge in [-0.05, 0) is 45.1 Å². The highest BCUT2D eigenvalue weighted by Gasteiger charge is 2.30. The molecule has 2 aliphatic rings. The largest absolute Gasteiger partial charge is 0.293 e. The third-order valence-electron chi connectivity index (χ3n) is 2.97. The van der Waals surface area contributed by atoms with Crippen LogP contribution in [0.4, 0.5) is 0 Å². The number of carbonyl (C=O) groups excluding carboxylic acids is 1. The van der Waals surface area contributed by atoms with Gasteiger partial charge in [0.25, 0.3) is 5.91 Å². The second-order valence-corrected chi connectivity index (χ2v) is 6.01. The summed E-state index contributed by atoms with van der Waals surface area (Å²) < 4.78 is 0.627. The number of likely N-dealkylation sites (N-methyl/N-ethyl adjacent to an activating group) is 2. The average Bonchev–Trinajstić information content (AvgIpc) is 2.71. The van der Waals surface area contributed by atoms with E-state index in [4.69, 9.17) is 12.2 Å². The number of rotatable bonds is 3. The smallest absolute Gasteiger partial charge is 0.266 e. The average molecular weight is 307 g/mol. The van der Waals surface area contributed by atoms with Crippen LogP contribution >= 0.6 is 24.0 Å². The van der Waals surface area contributed by atoms with Crippen molar-refractivity contribution in [2.45, 2.75) is 20.8 Å². The van der Waals surface area contributed by atoms with Gasteiger partial charge in [0.1, 0.15) is 4.32 Å². The molecule has 1 fully saturated rings. The zero-order valence-corrected chi connectivity index (χ0v) is 13.4. The van der Waals surface area contributed by atoms with E-state index in [2.05, 4.69) is 5.10 Å². The first-order chi connectivity index (χ1) is 9.56. The normalized spacial score (nSPS) is 23.2. The molecule has 6 heteroatoms. The number of carbonyl (C=O) groups is 1. The van der Waals surface area contributed by atoms with Crippen LogP contribution in [0, 0.1) is 0 Å². The second kappa shape index (κ2) is 6.37. The molecule has 0 aliphatic carbocycles. The highest BCUT2D eigenvalue weighted by Crippen LogP contribution is 2.30. The number of hydrazone groups is 1. The molecule has 0 saturated carbocycles. The zero-order chi connectivity index (χ0) is 14.7. The summed E-state index contributed by atoms with van der Waals surface area (Å²) in [6.07, 6.45) is 7.71. The zero-order valence-electron chi connectivity index (χ0n) is 11.8. The minimum absolute atomic E-state index is 0.0122. The fourth-order valence-corrected chi connectivity index (χ4v) is 3.24. The maximum Gasteiger partial charge on any atom is 0.266 e. The summed E-state index contributed by atoms with van der Waals surface area (Å²) in [4.78, 5) is 14.4. The SMILES string of the molecule is CCN1N=C(C)C=CC1=CC=C1SC(=S)N(CC)C1=O. The van der Waals surface area contributed by atoms with Gasteiger partial charge in [0.15, 0.2) is 0 Å². The lowest BCUT2D eigenvalue weighted by Gasteiger charge is -2.21. The highest BCUT2D eigenvalue weighted by atomic mass is 32.2. The minimum Gasteiger partial charge on any atom is -0.293 e. The van der Waals surface area contributed by atoms with Crippen molar-refractivity contribution in [2.75, 3.05) is 13.1 Å². The molecule has 0 unspecified atom stereocenters. The lowest BCUT2D eigenvalue weighted by molar-refractivity contribution is -0.122. The fourth-order valence-electron chi connectivity index (χ4n) is 1.92. The van der Waals surface area contributed by atoms with Crippen molar-refractivity contribution < 1.29 is 4.79 Å². The Morgan fingerprint density at radius 1 is 1.30 bits per heavy atom. The monoisotopic (exact) mass is 307 g/mol. The summed E-state index contributed by atoms with van der Waals surface area (Å²) in [7, 11) is 0. The molecular formula is C14H17N3OS2. The van der Waals surface area contributed by atoms with Crippen LogP contribution in [0.2, 0.25) is 0 Å². The molecule has 1 saturated heterocycles. The van der Waals surface area contributed by atoms with E-state index in [0.29, 0.717) is 15.8 Å². The Balaban J connectivity index is 2.21. The van der Waals surface area contributed by atoms with Crippen LogP contribution in [0.5, 0.6) is 0 Å². The first kappa shape index (κ1) is 15.0. The van der Waals surface area contributed by atoms with Crippen LogP contribution in [0.1, 0.15) is 20.8 Å². The lowest BCUT2D eigenvalue weighted by atomic mass is 10.2. The van der Waals surface area contributed by atoms with Crippen molar-refractivity contribution >= 4 is 39.9 Å². The Labute approximate surface area is 128 Å². The molecule has 0 spiro atoms. The predicted molar refractivity (Wildman–Crippen MR) is 88.4 cm³/mol. The Hall–Kier alpha value is -1.40. The summed E-state index contributed by atoms with van der Waals surface area (Å²) in [5.41, 5.74) is 1.95. The first-order valence-electron chi connectivity index (χ1n) is 6.53. The van der Waals surface area contributed by atoms with Gasteiger partial charge in [-0.15, -0.1) is 0 Å². The van der Waals surface area contributed by atoms with Gasteiger partial charge >= 0.3 is 0 Å². The number of thioether (sulfide) groups is 1. The molecule has 0 aromatic rings. The molecule has 20 heavy (non-hydrogen) atoms. The molecule has 1 amide bonds. The summed E-state index contributed by atoms with van der Waals surface area (Å²) in [6.45, 7) is 7.33. The first-order valence-corrected chi connectivity index (χ1v) is 7.75. The van der Waals surface area contributed by atoms with Crippen molar-refractivity contribution in [3.8, 4) is 0 Å². The molecule has 2 rings (SSSR count). The predicted octanol–water partition coefficient (Wildman–Crippen LogP) is 2.90. The molecular weight excluding hydrogens is 290 g/mol. The van der Waals surface area contributed by atoms with E-state index in [1.807, 2.05) is 50.1 Å². The van der Waals surface area contributed by atoms with E-state index < -0.39 is 0 Å². The number of hydrogen-bond donors (Lipinski definition) is 0. The quantitative estimate of drug-likeness (QED) is 0.593. The van der Waals surface area contributed by atoms with Gasteiger partial charge in [-0.2, -0.15) is 5.10 Å². The molecule has 0 bridgehead atoms. The number of hydrogen-bond acceptors (Lipinski definition) is 5. The molecule has 0 radical (unpaired) electrons. The molecule has 2 aliphatic heterocycles. The summed E-state index contributed by atoms with van der Waals surface area (Å²) in [6, 6.07) is 0. The van der Waals surface area contributed by atoms with Gasteiger partial charge in [-0.25, -0.2) is 0 Å². The number of allylic oxidation sites excluding steroid dienone is 4. The van der Waals surface area contributed by atoms with Crippen LogP contribution in [-0.2, 0) is 4.79 Å². The lowest BCUT2D eigenvalue weighted by Crippen LogP contribution is -2.27. The molecule has 106 valence electrons. The molecule has 0 atom stereocenters. The van der Waals surface area contributed by atoms with E-state index in [0.717, 1.165) is 18.0 Å². The summed E-state index contributed by atoms with van der Waals surface area (Å²) in [5, 5.41) is 6.34. The Bertz CT molecular complexity index is 561. The van der Waals surface area contributed by atoms with Gasteiger partial charge in [0.2, 0.25) is 0 Å².